The van der Waals surface area contributed by atoms with Crippen LogP contribution in [0.25, 0.3) is 0 Å². The van der Waals surface area contributed by atoms with Crippen molar-refractivity contribution in [2.75, 3.05) is 0 Å². The maximum Gasteiger partial charge on any atom is 0.248 e. The van der Waals surface area contributed by atoms with Crippen LogP contribution in [0.3, 0.4) is 0 Å². The Morgan fingerprint density at radius 1 is 1.67 bits per heavy atom. The molecule has 48 valence electrons. The van der Waals surface area contributed by atoms with E-state index in [0.29, 0.717) is 12.5 Å². The van der Waals surface area contributed by atoms with E-state index in [9.17, 15) is 4.79 Å². The molecule has 1 saturated carbocycles. The van der Waals surface area contributed by atoms with Gasteiger partial charge < -0.3 is 0 Å². The van der Waals surface area contributed by atoms with Crippen molar-refractivity contribution < 1.29 is 4.79 Å². The zero-order valence-electron chi connectivity index (χ0n) is 5.08. The Kier molecular flexibility index (Phi) is 0.860. The number of rotatable bonds is 1. The summed E-state index contributed by atoms with van der Waals surface area (Å²) in [5, 5.41) is 5.55. The predicted molar refractivity (Wildman–Crippen MR) is 33.0 cm³/mol. The van der Waals surface area contributed by atoms with Crippen molar-refractivity contribution in [1.82, 2.24) is 5.01 Å². The number of nitrogens with zero attached hydrogens (tertiary/aromatic N) is 2. The van der Waals surface area contributed by atoms with Crippen molar-refractivity contribution in [1.29, 1.82) is 0 Å². The summed E-state index contributed by atoms with van der Waals surface area (Å²) in [6.07, 6.45) is 4.48. The van der Waals surface area contributed by atoms with Gasteiger partial charge in [-0.15, -0.1) is 0 Å². The van der Waals surface area contributed by atoms with E-state index in [1.807, 2.05) is 0 Å². The zero-order chi connectivity index (χ0) is 6.27. The molecule has 0 spiro atoms. The van der Waals surface area contributed by atoms with Crippen LogP contribution in [-0.2, 0) is 4.79 Å². The van der Waals surface area contributed by atoms with Crippen LogP contribution in [-0.4, -0.2) is 23.2 Å². The lowest BCUT2D eigenvalue weighted by molar-refractivity contribution is -0.129. The van der Waals surface area contributed by atoms with Gasteiger partial charge in [0, 0.05) is 6.21 Å². The van der Waals surface area contributed by atoms with E-state index in [1.165, 1.54) is 0 Å². The van der Waals surface area contributed by atoms with Crippen LogP contribution in [0.1, 0.15) is 19.3 Å². The van der Waals surface area contributed by atoms with Gasteiger partial charge in [-0.2, -0.15) is 5.10 Å². The fourth-order valence-corrected chi connectivity index (χ4v) is 0.982. The molecule has 2 aliphatic rings. The van der Waals surface area contributed by atoms with Gasteiger partial charge in [-0.25, -0.2) is 5.01 Å². The molecule has 0 aromatic rings. The molecule has 1 fully saturated rings. The van der Waals surface area contributed by atoms with E-state index in [0.717, 1.165) is 12.8 Å². The Bertz CT molecular complexity index is 172. The smallest absolute Gasteiger partial charge is 0.248 e. The Morgan fingerprint density at radius 2 is 2.44 bits per heavy atom. The third-order valence-electron chi connectivity index (χ3n) is 1.62. The second kappa shape index (κ2) is 1.56. The summed E-state index contributed by atoms with van der Waals surface area (Å²) in [6, 6.07) is 0.455. The van der Waals surface area contributed by atoms with Crippen LogP contribution in [0, 0.1) is 0 Å². The molecule has 0 N–H and O–H groups in total. The monoisotopic (exact) mass is 124 g/mol. The second-order valence-corrected chi connectivity index (χ2v) is 2.47. The number of hydrazone groups is 1. The number of hydrogen-bond donors (Lipinski definition) is 0. The maximum atomic E-state index is 10.9. The van der Waals surface area contributed by atoms with Gasteiger partial charge in [0.2, 0.25) is 5.91 Å². The lowest BCUT2D eigenvalue weighted by Gasteiger charge is -2.07. The molecule has 0 aromatic heterocycles. The highest BCUT2D eigenvalue weighted by atomic mass is 16.2. The Balaban J connectivity index is 2.09. The van der Waals surface area contributed by atoms with Crippen LogP contribution in [0.5, 0.6) is 0 Å². The highest BCUT2D eigenvalue weighted by Crippen LogP contribution is 2.28. The van der Waals surface area contributed by atoms with Gasteiger partial charge in [0.1, 0.15) is 0 Å². The Hall–Kier alpha value is -0.860. The van der Waals surface area contributed by atoms with Crippen molar-refractivity contribution >= 4 is 12.1 Å². The summed E-state index contributed by atoms with van der Waals surface area (Å²) in [5.74, 6) is 0.164. The number of carbonyl (C=O) groups is 1. The molecule has 3 nitrogen and oxygen atoms in total. The third kappa shape index (κ3) is 0.724. The summed E-state index contributed by atoms with van der Waals surface area (Å²) in [7, 11) is 0. The summed E-state index contributed by atoms with van der Waals surface area (Å²) < 4.78 is 0. The first-order valence-electron chi connectivity index (χ1n) is 3.22. The van der Waals surface area contributed by atoms with Crippen molar-refractivity contribution in [3.8, 4) is 0 Å². The van der Waals surface area contributed by atoms with Gasteiger partial charge in [0.15, 0.2) is 0 Å². The molecule has 0 atom stereocenters. The molecule has 1 amide bonds. The summed E-state index contributed by atoms with van der Waals surface area (Å²) >= 11 is 0. The lowest BCUT2D eigenvalue weighted by atomic mass is 10.4. The number of amides is 1. The third-order valence-corrected chi connectivity index (χ3v) is 1.62. The molecule has 0 aromatic carbocycles. The van der Waals surface area contributed by atoms with Crippen LogP contribution >= 0.6 is 0 Å². The van der Waals surface area contributed by atoms with Crippen molar-refractivity contribution in [3.63, 3.8) is 0 Å². The first-order chi connectivity index (χ1) is 4.38. The fourth-order valence-electron chi connectivity index (χ4n) is 0.982. The molecular formula is C6H8N2O. The number of carbonyl (C=O) groups excluding carboxylic acids is 1. The molecule has 0 unspecified atom stereocenters. The molecule has 2 rings (SSSR count). The van der Waals surface area contributed by atoms with Crippen molar-refractivity contribution in [2.45, 2.75) is 25.3 Å². The van der Waals surface area contributed by atoms with E-state index in [2.05, 4.69) is 5.10 Å². The fraction of sp³-hybridized carbons (Fsp3) is 0.667. The average molecular weight is 124 g/mol. The number of hydrogen-bond acceptors (Lipinski definition) is 2. The molecule has 0 saturated heterocycles. The van der Waals surface area contributed by atoms with Crippen molar-refractivity contribution in [2.24, 2.45) is 5.10 Å². The summed E-state index contributed by atoms with van der Waals surface area (Å²) in [4.78, 5) is 10.9. The minimum absolute atomic E-state index is 0.164. The molecule has 0 radical (unpaired) electrons. The van der Waals surface area contributed by atoms with E-state index in [-0.39, 0.29) is 5.91 Å². The molecule has 0 bridgehead atoms. The molecule has 1 aliphatic heterocycles. The normalized spacial score (nSPS) is 25.8. The van der Waals surface area contributed by atoms with E-state index >= 15 is 0 Å². The van der Waals surface area contributed by atoms with E-state index < -0.39 is 0 Å². The first-order valence-corrected chi connectivity index (χ1v) is 3.22. The molecule has 1 aliphatic carbocycles. The van der Waals surface area contributed by atoms with Gasteiger partial charge in [-0.05, 0) is 12.8 Å². The highest BCUT2D eigenvalue weighted by molar-refractivity contribution is 5.94. The molecular weight excluding hydrogens is 116 g/mol. The van der Waals surface area contributed by atoms with Gasteiger partial charge in [-0.3, -0.25) is 4.79 Å². The lowest BCUT2D eigenvalue weighted by Crippen LogP contribution is -2.22. The standard InChI is InChI=1S/C6H8N2O/c9-6-3-4-7-8(6)5-1-2-5/h4-5H,1-3H2. The van der Waals surface area contributed by atoms with E-state index in [1.54, 1.807) is 11.2 Å². The van der Waals surface area contributed by atoms with E-state index in [4.69, 9.17) is 0 Å². The van der Waals surface area contributed by atoms with Crippen LogP contribution in [0.15, 0.2) is 5.10 Å². The first kappa shape index (κ1) is 4.97. The molecule has 9 heavy (non-hydrogen) atoms. The van der Waals surface area contributed by atoms with Gasteiger partial charge in [0.25, 0.3) is 0 Å². The van der Waals surface area contributed by atoms with Gasteiger partial charge >= 0.3 is 0 Å². The summed E-state index contributed by atoms with van der Waals surface area (Å²) in [5.41, 5.74) is 0. The Labute approximate surface area is 53.3 Å². The second-order valence-electron chi connectivity index (χ2n) is 2.47. The average Bonchev–Trinajstić information content (AvgIpc) is 2.58. The SMILES string of the molecule is O=C1CC=NN1C1CC1. The van der Waals surface area contributed by atoms with Crippen molar-refractivity contribution in [3.05, 3.63) is 0 Å². The highest BCUT2D eigenvalue weighted by Gasteiger charge is 2.33. The largest absolute Gasteiger partial charge is 0.273 e. The maximum absolute atomic E-state index is 10.9. The predicted octanol–water partition coefficient (Wildman–Crippen LogP) is 0.367. The van der Waals surface area contributed by atoms with Crippen LogP contribution < -0.4 is 0 Å². The quantitative estimate of drug-likeness (QED) is 0.497. The van der Waals surface area contributed by atoms with Gasteiger partial charge in [0.05, 0.1) is 12.5 Å². The van der Waals surface area contributed by atoms with Crippen LogP contribution in [0.2, 0.25) is 0 Å². The Morgan fingerprint density at radius 3 is 2.89 bits per heavy atom. The zero-order valence-corrected chi connectivity index (χ0v) is 5.08. The minimum atomic E-state index is 0.164. The van der Waals surface area contributed by atoms with Gasteiger partial charge in [-0.1, -0.05) is 0 Å². The molecule has 1 heterocycles. The van der Waals surface area contributed by atoms with Crippen LogP contribution in [0.4, 0.5) is 0 Å². The summed E-state index contributed by atoms with van der Waals surface area (Å²) in [6.45, 7) is 0. The molecule has 3 heteroatoms. The minimum Gasteiger partial charge on any atom is -0.273 e. The topological polar surface area (TPSA) is 32.7 Å².